The van der Waals surface area contributed by atoms with Gasteiger partial charge >= 0.3 is 5.97 Å². The maximum Gasteiger partial charge on any atom is 0.337 e. The summed E-state index contributed by atoms with van der Waals surface area (Å²) in [5, 5.41) is 11.4. The van der Waals surface area contributed by atoms with Crippen LogP contribution in [0.1, 0.15) is 24.2 Å². The minimum absolute atomic E-state index is 0.00170. The highest BCUT2D eigenvalue weighted by Gasteiger charge is 2.11. The Kier molecular flexibility index (Phi) is 15.5. The van der Waals surface area contributed by atoms with Crippen LogP contribution in [0.25, 0.3) is 0 Å². The molecule has 0 radical (unpaired) electrons. The molecule has 1 aromatic carbocycles. The number of nitrogens with one attached hydrogen (secondary N) is 1. The predicted octanol–water partition coefficient (Wildman–Crippen LogP) is 4.12. The van der Waals surface area contributed by atoms with Crippen LogP contribution in [0.2, 0.25) is 0 Å². The average molecular weight is 396 g/mol. The average Bonchev–Trinajstić information content (AvgIpc) is 2.57. The number of methoxy groups -OCH3 is 1. The van der Waals surface area contributed by atoms with Crippen molar-refractivity contribution >= 4 is 33.5 Å². The zero-order valence-corrected chi connectivity index (χ0v) is 15.6. The second kappa shape index (κ2) is 15.5. The minimum Gasteiger partial charge on any atom is -0.478 e. The number of ether oxygens (including phenoxy) is 1. The fraction of sp³-hybridized carbons (Fsp3) is 0.222. The lowest BCUT2D eigenvalue weighted by Crippen LogP contribution is -2.12. The van der Waals surface area contributed by atoms with E-state index in [0.29, 0.717) is 11.1 Å². The lowest BCUT2D eigenvalue weighted by Gasteiger charge is -2.06. The molecule has 1 amide bonds. The Morgan fingerprint density at radius 1 is 1.46 bits per heavy atom. The molecule has 0 heterocycles. The Morgan fingerprint density at radius 3 is 2.50 bits per heavy atom. The molecule has 0 aliphatic carbocycles. The number of benzene rings is 1. The fourth-order valence-corrected chi connectivity index (χ4v) is 1.58. The molecule has 0 atom stereocenters. The van der Waals surface area contributed by atoms with E-state index in [0.717, 1.165) is 6.08 Å². The monoisotopic (exact) mass is 395 g/mol. The molecule has 1 rings (SSSR count). The molecule has 0 saturated heterocycles. The lowest BCUT2D eigenvalue weighted by atomic mass is 10.2. The number of anilines is 1. The van der Waals surface area contributed by atoms with E-state index >= 15 is 0 Å². The van der Waals surface area contributed by atoms with Gasteiger partial charge in [-0.25, -0.2) is 4.79 Å². The van der Waals surface area contributed by atoms with Gasteiger partial charge in [-0.05, 0) is 24.3 Å². The SMILES string of the molecule is C#C/C=C/C(=O)Nc1ccc(Br)cc1C(=O)O.C=CCOC.CC. The van der Waals surface area contributed by atoms with E-state index in [1.54, 1.807) is 19.3 Å². The zero-order chi connectivity index (χ0) is 19.0. The first kappa shape index (κ1) is 23.9. The maximum atomic E-state index is 11.3. The van der Waals surface area contributed by atoms with Crippen molar-refractivity contribution in [3.8, 4) is 12.3 Å². The van der Waals surface area contributed by atoms with Crippen LogP contribution in [-0.4, -0.2) is 30.7 Å². The number of halogens is 1. The number of rotatable bonds is 5. The summed E-state index contributed by atoms with van der Waals surface area (Å²) in [5.41, 5.74) is 0.217. The smallest absolute Gasteiger partial charge is 0.337 e. The summed E-state index contributed by atoms with van der Waals surface area (Å²) in [4.78, 5) is 22.3. The molecular formula is C18H22BrNO4. The summed E-state index contributed by atoms with van der Waals surface area (Å²) in [5.74, 6) is 0.564. The van der Waals surface area contributed by atoms with E-state index in [9.17, 15) is 9.59 Å². The summed E-state index contributed by atoms with van der Waals surface area (Å²) >= 11 is 3.16. The van der Waals surface area contributed by atoms with Gasteiger partial charge in [0.1, 0.15) is 0 Å². The van der Waals surface area contributed by atoms with Gasteiger partial charge < -0.3 is 15.2 Å². The van der Waals surface area contributed by atoms with Gasteiger partial charge in [0.2, 0.25) is 5.91 Å². The summed E-state index contributed by atoms with van der Waals surface area (Å²) in [6, 6.07) is 4.53. The van der Waals surface area contributed by atoms with Gasteiger partial charge in [0.05, 0.1) is 17.9 Å². The Hall–Kier alpha value is -2.36. The summed E-state index contributed by atoms with van der Waals surface area (Å²) in [6.45, 7) is 8.08. The Morgan fingerprint density at radius 2 is 2.08 bits per heavy atom. The van der Waals surface area contributed by atoms with Crippen molar-refractivity contribution in [2.75, 3.05) is 19.0 Å². The van der Waals surface area contributed by atoms with Gasteiger partial charge in [0.15, 0.2) is 0 Å². The Bertz CT molecular complexity index is 604. The van der Waals surface area contributed by atoms with E-state index in [1.807, 2.05) is 13.8 Å². The summed E-state index contributed by atoms with van der Waals surface area (Å²) in [6.07, 6.45) is 9.04. The van der Waals surface area contributed by atoms with Gasteiger partial charge in [-0.1, -0.05) is 41.8 Å². The zero-order valence-electron chi connectivity index (χ0n) is 14.0. The van der Waals surface area contributed by atoms with Gasteiger partial charge in [0, 0.05) is 17.7 Å². The Balaban J connectivity index is 0. The molecular weight excluding hydrogens is 374 g/mol. The number of hydrogen-bond acceptors (Lipinski definition) is 3. The molecule has 2 N–H and O–H groups in total. The van der Waals surface area contributed by atoms with Crippen molar-refractivity contribution in [1.29, 1.82) is 0 Å². The second-order valence-corrected chi connectivity index (χ2v) is 4.64. The van der Waals surface area contributed by atoms with Crippen molar-refractivity contribution in [3.63, 3.8) is 0 Å². The largest absolute Gasteiger partial charge is 0.478 e. The molecule has 5 nitrogen and oxygen atoms in total. The number of carboxylic acids is 1. The molecule has 0 bridgehead atoms. The molecule has 1 aromatic rings. The third-order valence-corrected chi connectivity index (χ3v) is 2.58. The van der Waals surface area contributed by atoms with E-state index in [-0.39, 0.29) is 11.3 Å². The molecule has 0 spiro atoms. The number of allylic oxidation sites excluding steroid dienone is 1. The highest BCUT2D eigenvalue weighted by Crippen LogP contribution is 2.21. The highest BCUT2D eigenvalue weighted by molar-refractivity contribution is 9.10. The van der Waals surface area contributed by atoms with Crippen LogP contribution in [0.5, 0.6) is 0 Å². The number of hydrogen-bond donors (Lipinski definition) is 2. The normalized spacial score (nSPS) is 8.79. The van der Waals surface area contributed by atoms with Crippen LogP contribution in [0.15, 0.2) is 47.5 Å². The molecule has 0 aliphatic rings. The van der Waals surface area contributed by atoms with Crippen LogP contribution in [0.3, 0.4) is 0 Å². The number of carboxylic acid groups (broad SMARTS) is 1. The van der Waals surface area contributed by atoms with Crippen LogP contribution >= 0.6 is 15.9 Å². The van der Waals surface area contributed by atoms with Gasteiger partial charge in [-0.2, -0.15) is 0 Å². The number of carbonyl (C=O) groups excluding carboxylic acids is 1. The number of carbonyl (C=O) groups is 2. The van der Waals surface area contributed by atoms with E-state index in [2.05, 4.69) is 38.5 Å². The van der Waals surface area contributed by atoms with Gasteiger partial charge in [0.25, 0.3) is 0 Å². The minimum atomic E-state index is -1.12. The molecule has 6 heteroatoms. The van der Waals surface area contributed by atoms with Crippen LogP contribution in [0.4, 0.5) is 5.69 Å². The molecule has 0 aliphatic heterocycles. The van der Waals surface area contributed by atoms with E-state index in [1.165, 1.54) is 18.2 Å². The van der Waals surface area contributed by atoms with E-state index in [4.69, 9.17) is 11.5 Å². The van der Waals surface area contributed by atoms with Crippen molar-refractivity contribution in [3.05, 3.63) is 53.0 Å². The first-order valence-electron chi connectivity index (χ1n) is 7.02. The van der Waals surface area contributed by atoms with Crippen molar-refractivity contribution in [1.82, 2.24) is 0 Å². The first-order chi connectivity index (χ1) is 11.5. The van der Waals surface area contributed by atoms with Crippen LogP contribution < -0.4 is 5.32 Å². The second-order valence-electron chi connectivity index (χ2n) is 3.73. The van der Waals surface area contributed by atoms with Gasteiger partial charge in [-0.15, -0.1) is 13.0 Å². The van der Waals surface area contributed by atoms with Gasteiger partial charge in [-0.3, -0.25) is 4.79 Å². The molecule has 0 fully saturated rings. The number of aromatic carboxylic acids is 1. The quantitative estimate of drug-likeness (QED) is 0.446. The lowest BCUT2D eigenvalue weighted by molar-refractivity contribution is -0.111. The van der Waals surface area contributed by atoms with E-state index < -0.39 is 11.9 Å². The number of amides is 1. The molecule has 24 heavy (non-hydrogen) atoms. The molecule has 0 saturated carbocycles. The van der Waals surface area contributed by atoms with Crippen molar-refractivity contribution in [2.45, 2.75) is 13.8 Å². The van der Waals surface area contributed by atoms with Crippen molar-refractivity contribution < 1.29 is 19.4 Å². The first-order valence-corrected chi connectivity index (χ1v) is 7.81. The topological polar surface area (TPSA) is 75.6 Å². The third kappa shape index (κ3) is 11.2. The standard InChI is InChI=1S/C12H8BrNO3.C4H8O.C2H6/c1-2-3-4-11(15)14-10-6-5-8(13)7-9(10)12(16)17;1-3-4-5-2;1-2/h1,3-7H,(H,14,15)(H,16,17);3H,1,4H2,2H3;1-2H3/b4-3+;;. The Labute approximate surface area is 151 Å². The summed E-state index contributed by atoms with van der Waals surface area (Å²) in [7, 11) is 1.64. The fourth-order valence-electron chi connectivity index (χ4n) is 1.22. The molecule has 130 valence electrons. The third-order valence-electron chi connectivity index (χ3n) is 2.09. The number of terminal acetylenes is 1. The highest BCUT2D eigenvalue weighted by atomic mass is 79.9. The van der Waals surface area contributed by atoms with Crippen LogP contribution in [0, 0.1) is 12.3 Å². The molecule has 0 unspecified atom stereocenters. The molecule has 0 aromatic heterocycles. The summed E-state index contributed by atoms with van der Waals surface area (Å²) < 4.78 is 5.19. The maximum absolute atomic E-state index is 11.3. The predicted molar refractivity (Wildman–Crippen MR) is 101 cm³/mol. The van der Waals surface area contributed by atoms with Crippen molar-refractivity contribution in [2.24, 2.45) is 0 Å². The van der Waals surface area contributed by atoms with Crippen LogP contribution in [-0.2, 0) is 9.53 Å².